The number of sulfone groups is 1. The number of fused-ring (bicyclic) bond motifs is 1. The largest absolute Gasteiger partial charge is 0.452 e. The number of carbonyl (C=O) groups is 2. The summed E-state index contributed by atoms with van der Waals surface area (Å²) in [6, 6.07) is -0.394. The van der Waals surface area contributed by atoms with Crippen LogP contribution in [0.25, 0.3) is 0 Å². The first-order chi connectivity index (χ1) is 14.6. The Balaban J connectivity index is 1.40. The number of hydrogen-bond donors (Lipinski definition) is 0. The third kappa shape index (κ3) is 5.00. The molecule has 1 unspecified atom stereocenters. The van der Waals surface area contributed by atoms with Crippen molar-refractivity contribution >= 4 is 37.6 Å². The second kappa shape index (κ2) is 8.38. The highest BCUT2D eigenvalue weighted by molar-refractivity contribution is 7.91. The van der Waals surface area contributed by atoms with Gasteiger partial charge < -0.3 is 14.5 Å². The van der Waals surface area contributed by atoms with Crippen LogP contribution in [0, 0.1) is 0 Å². The molecule has 0 spiro atoms. The molecule has 4 aliphatic rings. The lowest BCUT2D eigenvalue weighted by Gasteiger charge is -2.34. The summed E-state index contributed by atoms with van der Waals surface area (Å²) in [6.07, 6.45) is 8.31. The summed E-state index contributed by atoms with van der Waals surface area (Å²) in [5.74, 6) is -0.981. The Morgan fingerprint density at radius 2 is 1.81 bits per heavy atom. The predicted molar refractivity (Wildman–Crippen MR) is 112 cm³/mol. The van der Waals surface area contributed by atoms with Crippen molar-refractivity contribution in [3.63, 3.8) is 0 Å². The Hall–Kier alpha value is -2.21. The fourth-order valence-electron chi connectivity index (χ4n) is 4.49. The van der Waals surface area contributed by atoms with Crippen LogP contribution in [0.2, 0.25) is 0 Å². The minimum absolute atomic E-state index is 0.0210. The molecule has 2 fully saturated rings. The molecule has 4 rings (SSSR count). The van der Waals surface area contributed by atoms with E-state index < -0.39 is 32.4 Å². The van der Waals surface area contributed by atoms with E-state index in [1.807, 2.05) is 0 Å². The molecule has 3 heterocycles. The summed E-state index contributed by atoms with van der Waals surface area (Å²) in [6.45, 7) is -0.292. The van der Waals surface area contributed by atoms with E-state index in [1.165, 1.54) is 18.4 Å². The molecule has 0 bridgehead atoms. The van der Waals surface area contributed by atoms with Gasteiger partial charge in [-0.3, -0.25) is 4.79 Å². The first-order valence-corrected chi connectivity index (χ1v) is 13.7. The van der Waals surface area contributed by atoms with Gasteiger partial charge in [0, 0.05) is 24.8 Å². The maximum atomic E-state index is 12.9. The summed E-state index contributed by atoms with van der Waals surface area (Å²) in [7, 11) is -6.64. The molecule has 0 aromatic carbocycles. The third-order valence-electron chi connectivity index (χ3n) is 5.99. The Labute approximate surface area is 181 Å². The molecule has 170 valence electrons. The average molecular weight is 472 g/mol. The lowest BCUT2D eigenvalue weighted by Crippen LogP contribution is -2.48. The highest BCUT2D eigenvalue weighted by Crippen LogP contribution is 2.29. The van der Waals surface area contributed by atoms with Gasteiger partial charge in [0.25, 0.3) is 15.9 Å². The fraction of sp³-hybridized carbons (Fsp3) is 0.632. The van der Waals surface area contributed by atoms with Gasteiger partial charge in [0.1, 0.15) is 5.84 Å². The van der Waals surface area contributed by atoms with E-state index in [0.717, 1.165) is 25.7 Å². The predicted octanol–water partition coefficient (Wildman–Crippen LogP) is -0.0145. The van der Waals surface area contributed by atoms with E-state index in [-0.39, 0.29) is 53.2 Å². The van der Waals surface area contributed by atoms with Crippen molar-refractivity contribution < 1.29 is 31.2 Å². The second-order valence-corrected chi connectivity index (χ2v) is 12.2. The number of esters is 1. The van der Waals surface area contributed by atoms with Crippen LogP contribution in [0.1, 0.15) is 32.1 Å². The van der Waals surface area contributed by atoms with E-state index >= 15 is 0 Å². The van der Waals surface area contributed by atoms with Crippen molar-refractivity contribution in [2.45, 2.75) is 44.2 Å². The van der Waals surface area contributed by atoms with Crippen LogP contribution >= 0.6 is 0 Å². The molecule has 1 amide bonds. The minimum Gasteiger partial charge on any atom is -0.452 e. The van der Waals surface area contributed by atoms with Crippen LogP contribution in [0.5, 0.6) is 0 Å². The second-order valence-electron chi connectivity index (χ2n) is 8.22. The molecule has 0 aromatic rings. The molecule has 1 saturated heterocycles. The zero-order valence-electron chi connectivity index (χ0n) is 17.0. The number of rotatable bonds is 5. The van der Waals surface area contributed by atoms with Crippen LogP contribution < -0.4 is 0 Å². The SMILES string of the molecule is O=C(OCC(=O)N(C1CCCC1)C1CCS(=O)(=O)C1)C1=CN2CCS(=O)(=O)N=C2C=C1. The first-order valence-electron chi connectivity index (χ1n) is 10.3. The Morgan fingerprint density at radius 1 is 1.06 bits per heavy atom. The molecule has 1 saturated carbocycles. The number of sulfonamides is 1. The lowest BCUT2D eigenvalue weighted by molar-refractivity contribution is -0.151. The van der Waals surface area contributed by atoms with Crippen LogP contribution in [0.3, 0.4) is 0 Å². The van der Waals surface area contributed by atoms with Gasteiger partial charge in [-0.2, -0.15) is 0 Å². The Kier molecular flexibility index (Phi) is 5.95. The number of amidine groups is 1. The van der Waals surface area contributed by atoms with E-state index in [1.54, 1.807) is 9.80 Å². The average Bonchev–Trinajstić information content (AvgIpc) is 3.35. The van der Waals surface area contributed by atoms with E-state index in [4.69, 9.17) is 4.74 Å². The molecular formula is C19H25N3O7S2. The van der Waals surface area contributed by atoms with Crippen molar-refractivity contribution in [3.8, 4) is 0 Å². The molecular weight excluding hydrogens is 446 g/mol. The quantitative estimate of drug-likeness (QED) is 0.512. The highest BCUT2D eigenvalue weighted by atomic mass is 32.2. The van der Waals surface area contributed by atoms with Crippen molar-refractivity contribution in [2.24, 2.45) is 4.40 Å². The number of amides is 1. The van der Waals surface area contributed by atoms with Crippen molar-refractivity contribution in [1.82, 2.24) is 9.80 Å². The molecule has 0 N–H and O–H groups in total. The standard InChI is InChI=1S/C19H25N3O7S2/c23-18(22(15-3-1-2-4-15)16-7-9-30(25,26)13-16)12-29-19(24)14-5-6-17-20-31(27,28)10-8-21(17)11-14/h5-6,11,15-16H,1-4,7-10,12-13H2. The summed E-state index contributed by atoms with van der Waals surface area (Å²) in [5.41, 5.74) is 0.182. The van der Waals surface area contributed by atoms with Gasteiger partial charge in [-0.15, -0.1) is 4.40 Å². The van der Waals surface area contributed by atoms with Crippen molar-refractivity contribution in [2.75, 3.05) is 30.4 Å². The smallest absolute Gasteiger partial charge is 0.340 e. The normalized spacial score (nSPS) is 26.7. The number of ether oxygens (including phenoxy) is 1. The monoisotopic (exact) mass is 471 g/mol. The lowest BCUT2D eigenvalue weighted by atomic mass is 10.1. The Morgan fingerprint density at radius 3 is 2.48 bits per heavy atom. The van der Waals surface area contributed by atoms with Crippen molar-refractivity contribution in [1.29, 1.82) is 0 Å². The molecule has 12 heteroatoms. The van der Waals surface area contributed by atoms with E-state index in [0.29, 0.717) is 6.42 Å². The van der Waals surface area contributed by atoms with Crippen molar-refractivity contribution in [3.05, 3.63) is 23.9 Å². The van der Waals surface area contributed by atoms with Gasteiger partial charge in [-0.1, -0.05) is 12.8 Å². The molecule has 0 radical (unpaired) electrons. The fourth-order valence-corrected chi connectivity index (χ4v) is 7.17. The summed E-state index contributed by atoms with van der Waals surface area (Å²) >= 11 is 0. The van der Waals surface area contributed by atoms with Crippen LogP contribution in [0.15, 0.2) is 28.3 Å². The third-order valence-corrected chi connectivity index (χ3v) is 8.91. The minimum atomic E-state index is -3.49. The van der Waals surface area contributed by atoms with Gasteiger partial charge in [-0.25, -0.2) is 21.6 Å². The Bertz CT molecular complexity index is 1070. The highest BCUT2D eigenvalue weighted by Gasteiger charge is 2.39. The summed E-state index contributed by atoms with van der Waals surface area (Å²) in [5, 5.41) is 0. The van der Waals surface area contributed by atoms with Crippen LogP contribution in [0.4, 0.5) is 0 Å². The molecule has 31 heavy (non-hydrogen) atoms. The van der Waals surface area contributed by atoms with Crippen LogP contribution in [-0.2, 0) is 34.2 Å². The van der Waals surface area contributed by atoms with Gasteiger partial charge in [0.2, 0.25) is 0 Å². The van der Waals surface area contributed by atoms with E-state index in [9.17, 15) is 26.4 Å². The van der Waals surface area contributed by atoms with Gasteiger partial charge >= 0.3 is 5.97 Å². The summed E-state index contributed by atoms with van der Waals surface area (Å²) < 4.78 is 55.9. The molecule has 1 aliphatic carbocycles. The topological polar surface area (TPSA) is 130 Å². The zero-order chi connectivity index (χ0) is 22.2. The molecule has 1 atom stereocenters. The molecule has 0 aromatic heterocycles. The van der Waals surface area contributed by atoms with Gasteiger partial charge in [0.15, 0.2) is 16.4 Å². The number of hydrogen-bond acceptors (Lipinski definition) is 8. The maximum absolute atomic E-state index is 12.9. The number of nitrogens with zero attached hydrogens (tertiary/aromatic N) is 3. The maximum Gasteiger partial charge on any atom is 0.340 e. The molecule has 10 nitrogen and oxygen atoms in total. The zero-order valence-corrected chi connectivity index (χ0v) is 18.6. The first kappa shape index (κ1) is 22.0. The molecule has 3 aliphatic heterocycles. The van der Waals surface area contributed by atoms with Crippen LogP contribution in [-0.4, -0.2) is 86.8 Å². The van der Waals surface area contributed by atoms with E-state index in [2.05, 4.69) is 4.40 Å². The van der Waals surface area contributed by atoms with Gasteiger partial charge in [0.05, 0.1) is 22.8 Å². The number of carbonyl (C=O) groups excluding carboxylic acids is 2. The van der Waals surface area contributed by atoms with Gasteiger partial charge in [-0.05, 0) is 31.4 Å². The summed E-state index contributed by atoms with van der Waals surface area (Å²) in [4.78, 5) is 28.6.